The van der Waals surface area contributed by atoms with Crippen molar-refractivity contribution < 1.29 is 0 Å². The Balaban J connectivity index is 1.86. The molecule has 1 N–H and O–H groups in total. The minimum absolute atomic E-state index is 0.976. The first-order valence-electron chi connectivity index (χ1n) is 7.44. The van der Waals surface area contributed by atoms with E-state index >= 15 is 0 Å². The standard InChI is InChI=1S/C19H18BrN3/c1-14-11-16(13-21-22-18-8-4-3-5-9-18)15(2)23(14)19-10-6-7-17(20)12-19/h3-13,22H,1-2H3/b21-13-. The predicted molar refractivity (Wildman–Crippen MR) is 101 cm³/mol. The molecule has 1 aromatic heterocycles. The van der Waals surface area contributed by atoms with E-state index in [0.717, 1.165) is 21.4 Å². The van der Waals surface area contributed by atoms with Gasteiger partial charge in [-0.3, -0.25) is 5.43 Å². The molecule has 3 nitrogen and oxygen atoms in total. The highest BCUT2D eigenvalue weighted by Crippen LogP contribution is 2.22. The van der Waals surface area contributed by atoms with Gasteiger partial charge in [0.2, 0.25) is 0 Å². The van der Waals surface area contributed by atoms with Crippen LogP contribution in [0.2, 0.25) is 0 Å². The number of nitrogens with one attached hydrogen (secondary N) is 1. The number of nitrogens with zero attached hydrogens (tertiary/aromatic N) is 2. The molecule has 0 atom stereocenters. The molecule has 0 radical (unpaired) electrons. The van der Waals surface area contributed by atoms with Crippen molar-refractivity contribution in [1.29, 1.82) is 0 Å². The zero-order valence-corrected chi connectivity index (χ0v) is 14.7. The Morgan fingerprint density at radius 1 is 1.00 bits per heavy atom. The van der Waals surface area contributed by atoms with E-state index in [1.807, 2.05) is 48.7 Å². The maximum Gasteiger partial charge on any atom is 0.0562 e. The van der Waals surface area contributed by atoms with Gasteiger partial charge in [-0.2, -0.15) is 5.10 Å². The number of aryl methyl sites for hydroxylation is 1. The highest BCUT2D eigenvalue weighted by atomic mass is 79.9. The molecular formula is C19H18BrN3. The first kappa shape index (κ1) is 15.6. The van der Waals surface area contributed by atoms with Crippen LogP contribution in [0.15, 0.2) is 70.2 Å². The van der Waals surface area contributed by atoms with Crippen LogP contribution in [-0.4, -0.2) is 10.8 Å². The fourth-order valence-corrected chi connectivity index (χ4v) is 3.01. The highest BCUT2D eigenvalue weighted by molar-refractivity contribution is 9.10. The summed E-state index contributed by atoms with van der Waals surface area (Å²) < 4.78 is 3.30. The third-order valence-electron chi connectivity index (χ3n) is 3.71. The summed E-state index contributed by atoms with van der Waals surface area (Å²) in [6, 6.07) is 20.4. The van der Waals surface area contributed by atoms with Crippen LogP contribution in [0.4, 0.5) is 5.69 Å². The van der Waals surface area contributed by atoms with Crippen molar-refractivity contribution in [2.45, 2.75) is 13.8 Å². The number of hydrogen-bond acceptors (Lipinski definition) is 2. The van der Waals surface area contributed by atoms with Gasteiger partial charge >= 0.3 is 0 Å². The van der Waals surface area contributed by atoms with E-state index in [-0.39, 0.29) is 0 Å². The molecule has 4 heteroatoms. The summed E-state index contributed by atoms with van der Waals surface area (Å²) in [5.74, 6) is 0. The topological polar surface area (TPSA) is 29.3 Å². The summed E-state index contributed by atoms with van der Waals surface area (Å²) in [6.07, 6.45) is 1.86. The number of anilines is 1. The van der Waals surface area contributed by atoms with Gasteiger partial charge in [0.25, 0.3) is 0 Å². The summed E-state index contributed by atoms with van der Waals surface area (Å²) in [7, 11) is 0. The molecule has 23 heavy (non-hydrogen) atoms. The van der Waals surface area contributed by atoms with Crippen molar-refractivity contribution in [3.63, 3.8) is 0 Å². The molecule has 2 aromatic carbocycles. The minimum atomic E-state index is 0.976. The van der Waals surface area contributed by atoms with E-state index in [9.17, 15) is 0 Å². The van der Waals surface area contributed by atoms with Crippen LogP contribution in [0.1, 0.15) is 17.0 Å². The van der Waals surface area contributed by atoms with Gasteiger partial charge in [-0.1, -0.05) is 40.2 Å². The molecule has 1 heterocycles. The second-order valence-corrected chi connectivity index (χ2v) is 6.29. The van der Waals surface area contributed by atoms with Crippen LogP contribution in [0.25, 0.3) is 5.69 Å². The van der Waals surface area contributed by atoms with Crippen molar-refractivity contribution >= 4 is 27.8 Å². The van der Waals surface area contributed by atoms with Crippen LogP contribution in [0.3, 0.4) is 0 Å². The highest BCUT2D eigenvalue weighted by Gasteiger charge is 2.09. The van der Waals surface area contributed by atoms with E-state index in [1.165, 1.54) is 11.4 Å². The number of halogens is 1. The zero-order chi connectivity index (χ0) is 16.2. The van der Waals surface area contributed by atoms with Crippen LogP contribution in [-0.2, 0) is 0 Å². The van der Waals surface area contributed by atoms with Gasteiger partial charge in [0.15, 0.2) is 0 Å². The molecule has 116 valence electrons. The fourth-order valence-electron chi connectivity index (χ4n) is 2.62. The number of para-hydroxylation sites is 1. The van der Waals surface area contributed by atoms with Gasteiger partial charge in [0, 0.05) is 27.1 Å². The second-order valence-electron chi connectivity index (χ2n) is 5.38. The van der Waals surface area contributed by atoms with Crippen molar-refractivity contribution in [1.82, 2.24) is 4.57 Å². The molecular weight excluding hydrogens is 350 g/mol. The van der Waals surface area contributed by atoms with Crippen LogP contribution in [0.5, 0.6) is 0 Å². The molecule has 0 aliphatic carbocycles. The lowest BCUT2D eigenvalue weighted by atomic mass is 10.2. The summed E-state index contributed by atoms with van der Waals surface area (Å²) >= 11 is 3.53. The van der Waals surface area contributed by atoms with E-state index in [1.54, 1.807) is 0 Å². The number of rotatable bonds is 4. The number of hydrogen-bond donors (Lipinski definition) is 1. The normalized spacial score (nSPS) is 11.1. The molecule has 0 aliphatic rings. The van der Waals surface area contributed by atoms with Crippen molar-refractivity contribution in [3.8, 4) is 5.69 Å². The lowest BCUT2D eigenvalue weighted by Crippen LogP contribution is -1.99. The van der Waals surface area contributed by atoms with E-state index in [4.69, 9.17) is 0 Å². The zero-order valence-electron chi connectivity index (χ0n) is 13.1. The summed E-state index contributed by atoms with van der Waals surface area (Å²) in [6.45, 7) is 4.22. The lowest BCUT2D eigenvalue weighted by molar-refractivity contribution is 0.964. The SMILES string of the molecule is Cc1cc(/C=N\Nc2ccccc2)c(C)n1-c1cccc(Br)c1. The average molecular weight is 368 g/mol. The predicted octanol–water partition coefficient (Wildman–Crippen LogP) is 5.30. The molecule has 0 saturated heterocycles. The maximum absolute atomic E-state index is 4.34. The van der Waals surface area contributed by atoms with Crippen molar-refractivity contribution in [3.05, 3.63) is 82.1 Å². The molecule has 0 unspecified atom stereocenters. The monoisotopic (exact) mass is 367 g/mol. The van der Waals surface area contributed by atoms with E-state index in [2.05, 4.69) is 63.1 Å². The Hall–Kier alpha value is -2.33. The number of hydrazone groups is 1. The third kappa shape index (κ3) is 3.54. The minimum Gasteiger partial charge on any atom is -0.318 e. The maximum atomic E-state index is 4.34. The van der Waals surface area contributed by atoms with Crippen molar-refractivity contribution in [2.24, 2.45) is 5.10 Å². The first-order chi connectivity index (χ1) is 11.1. The Morgan fingerprint density at radius 3 is 2.52 bits per heavy atom. The van der Waals surface area contributed by atoms with Crippen molar-refractivity contribution in [2.75, 3.05) is 5.43 Å². The molecule has 0 aliphatic heterocycles. The van der Waals surface area contributed by atoms with Gasteiger partial charge < -0.3 is 4.57 Å². The molecule has 0 saturated carbocycles. The van der Waals surface area contributed by atoms with Gasteiger partial charge in [0.1, 0.15) is 0 Å². The second kappa shape index (κ2) is 6.84. The summed E-state index contributed by atoms with van der Waals surface area (Å²) in [4.78, 5) is 0. The van der Waals surface area contributed by atoms with Crippen LogP contribution < -0.4 is 5.43 Å². The molecule has 0 amide bonds. The van der Waals surface area contributed by atoms with Gasteiger partial charge in [-0.05, 0) is 50.2 Å². The Morgan fingerprint density at radius 2 is 1.78 bits per heavy atom. The number of aromatic nitrogens is 1. The van der Waals surface area contributed by atoms with Gasteiger partial charge in [-0.25, -0.2) is 0 Å². The first-order valence-corrected chi connectivity index (χ1v) is 8.23. The largest absolute Gasteiger partial charge is 0.318 e. The smallest absolute Gasteiger partial charge is 0.0562 e. The third-order valence-corrected chi connectivity index (χ3v) is 4.20. The average Bonchev–Trinajstić information content (AvgIpc) is 2.82. The lowest BCUT2D eigenvalue weighted by Gasteiger charge is -2.09. The number of benzene rings is 2. The fraction of sp³-hybridized carbons (Fsp3) is 0.105. The van der Waals surface area contributed by atoms with Crippen LogP contribution >= 0.6 is 15.9 Å². The molecule has 0 fully saturated rings. The summed E-state index contributed by atoms with van der Waals surface area (Å²) in [5, 5.41) is 4.34. The molecule has 0 spiro atoms. The Labute approximate surface area is 144 Å². The molecule has 3 rings (SSSR count). The van der Waals surface area contributed by atoms with E-state index < -0.39 is 0 Å². The van der Waals surface area contributed by atoms with Gasteiger partial charge in [-0.15, -0.1) is 0 Å². The van der Waals surface area contributed by atoms with E-state index in [0.29, 0.717) is 0 Å². The Bertz CT molecular complexity index is 835. The van der Waals surface area contributed by atoms with Gasteiger partial charge in [0.05, 0.1) is 11.9 Å². The molecule has 3 aromatic rings. The quantitative estimate of drug-likeness (QED) is 0.491. The summed E-state index contributed by atoms with van der Waals surface area (Å²) in [5.41, 5.74) is 8.62. The Kier molecular flexibility index (Phi) is 4.63. The molecule has 0 bridgehead atoms. The van der Waals surface area contributed by atoms with Crippen LogP contribution in [0, 0.1) is 13.8 Å².